The van der Waals surface area contributed by atoms with Crippen LogP contribution in [0.15, 0.2) is 24.3 Å². The second kappa shape index (κ2) is 7.73. The first-order valence-electron chi connectivity index (χ1n) is 6.71. The van der Waals surface area contributed by atoms with Crippen LogP contribution in [0.4, 0.5) is 0 Å². The molecule has 0 aromatic heterocycles. The molecule has 1 nitrogen and oxygen atoms in total. The van der Waals surface area contributed by atoms with Gasteiger partial charge < -0.3 is 5.32 Å². The maximum absolute atomic E-state index is 5.95. The lowest BCUT2D eigenvalue weighted by Crippen LogP contribution is -2.34. The van der Waals surface area contributed by atoms with Gasteiger partial charge in [0.15, 0.2) is 0 Å². The third-order valence-electron chi connectivity index (χ3n) is 3.29. The van der Waals surface area contributed by atoms with E-state index in [1.807, 2.05) is 12.1 Å². The lowest BCUT2D eigenvalue weighted by Gasteiger charge is -2.27. The molecule has 2 heteroatoms. The van der Waals surface area contributed by atoms with Crippen LogP contribution in [0.25, 0.3) is 0 Å². The molecule has 0 radical (unpaired) electrons. The molecule has 0 aliphatic heterocycles. The van der Waals surface area contributed by atoms with Gasteiger partial charge in [0, 0.05) is 11.1 Å². The zero-order valence-corrected chi connectivity index (χ0v) is 11.9. The molecule has 1 rings (SSSR count). The largest absolute Gasteiger partial charge is 0.314 e. The average molecular weight is 254 g/mol. The Hall–Kier alpha value is -0.530. The van der Waals surface area contributed by atoms with E-state index in [-0.39, 0.29) is 0 Å². The smallest absolute Gasteiger partial charge is 0.0406 e. The highest BCUT2D eigenvalue weighted by Gasteiger charge is 2.19. The van der Waals surface area contributed by atoms with Crippen molar-refractivity contribution in [2.24, 2.45) is 0 Å². The minimum absolute atomic E-state index is 0.580. The van der Waals surface area contributed by atoms with Gasteiger partial charge in [0.1, 0.15) is 0 Å². The fourth-order valence-corrected chi connectivity index (χ4v) is 2.61. The molecule has 17 heavy (non-hydrogen) atoms. The van der Waals surface area contributed by atoms with Crippen LogP contribution in [-0.4, -0.2) is 12.6 Å². The van der Waals surface area contributed by atoms with E-state index in [0.717, 1.165) is 11.6 Å². The molecule has 96 valence electrons. The second-order valence-electron chi connectivity index (χ2n) is 4.52. The monoisotopic (exact) mass is 253 g/mol. The van der Waals surface area contributed by atoms with Crippen LogP contribution in [0.3, 0.4) is 0 Å². The molecular formula is C15H24ClN. The van der Waals surface area contributed by atoms with E-state index in [1.54, 1.807) is 0 Å². The molecular weight excluding hydrogens is 230 g/mol. The van der Waals surface area contributed by atoms with Crippen molar-refractivity contribution >= 4 is 11.6 Å². The number of halogens is 1. The van der Waals surface area contributed by atoms with Crippen molar-refractivity contribution < 1.29 is 0 Å². The molecule has 0 aliphatic carbocycles. The van der Waals surface area contributed by atoms with Gasteiger partial charge in [-0.3, -0.25) is 0 Å². The van der Waals surface area contributed by atoms with E-state index < -0.39 is 0 Å². The fraction of sp³-hybridized carbons (Fsp3) is 0.600. The Balaban J connectivity index is 2.83. The summed E-state index contributed by atoms with van der Waals surface area (Å²) in [5.41, 5.74) is 1.40. The van der Waals surface area contributed by atoms with E-state index in [9.17, 15) is 0 Å². The maximum atomic E-state index is 5.95. The summed E-state index contributed by atoms with van der Waals surface area (Å²) in [6.07, 6.45) is 3.62. The van der Waals surface area contributed by atoms with Gasteiger partial charge >= 0.3 is 0 Å². The van der Waals surface area contributed by atoms with Crippen molar-refractivity contribution in [2.75, 3.05) is 6.54 Å². The van der Waals surface area contributed by atoms with Gasteiger partial charge in [-0.1, -0.05) is 50.9 Å². The van der Waals surface area contributed by atoms with Gasteiger partial charge in [0.05, 0.1) is 0 Å². The Kier molecular flexibility index (Phi) is 6.61. The van der Waals surface area contributed by atoms with E-state index in [1.165, 1.54) is 24.8 Å². The molecule has 1 N–H and O–H groups in total. The highest BCUT2D eigenvalue weighted by molar-refractivity contribution is 6.30. The van der Waals surface area contributed by atoms with Crippen LogP contribution in [0.2, 0.25) is 5.02 Å². The van der Waals surface area contributed by atoms with Crippen LogP contribution in [0.1, 0.15) is 51.5 Å². The van der Waals surface area contributed by atoms with Gasteiger partial charge in [-0.25, -0.2) is 0 Å². The molecule has 0 aliphatic rings. The molecule has 0 spiro atoms. The van der Waals surface area contributed by atoms with Gasteiger partial charge in [0.25, 0.3) is 0 Å². The topological polar surface area (TPSA) is 12.0 Å². The Morgan fingerprint density at radius 3 is 2.24 bits per heavy atom. The molecule has 0 amide bonds. The third kappa shape index (κ3) is 4.33. The molecule has 0 fully saturated rings. The van der Waals surface area contributed by atoms with Crippen molar-refractivity contribution in [2.45, 2.75) is 52.0 Å². The van der Waals surface area contributed by atoms with Gasteiger partial charge in [-0.05, 0) is 43.0 Å². The van der Waals surface area contributed by atoms with Crippen molar-refractivity contribution in [3.05, 3.63) is 34.9 Å². The summed E-state index contributed by atoms with van der Waals surface area (Å²) < 4.78 is 0. The molecule has 0 saturated carbocycles. The van der Waals surface area contributed by atoms with Gasteiger partial charge in [0.2, 0.25) is 0 Å². The zero-order chi connectivity index (χ0) is 12.7. The number of hydrogen-bond donors (Lipinski definition) is 1. The summed E-state index contributed by atoms with van der Waals surface area (Å²) in [6, 6.07) is 8.90. The van der Waals surface area contributed by atoms with Crippen molar-refractivity contribution in [3.63, 3.8) is 0 Å². The normalized spacial score (nSPS) is 14.6. The van der Waals surface area contributed by atoms with E-state index in [2.05, 4.69) is 38.2 Å². The first-order valence-corrected chi connectivity index (χ1v) is 7.09. The predicted molar refractivity (Wildman–Crippen MR) is 76.9 cm³/mol. The molecule has 1 aromatic carbocycles. The lowest BCUT2D eigenvalue weighted by molar-refractivity contribution is 0.404. The quantitative estimate of drug-likeness (QED) is 0.748. The Morgan fingerprint density at radius 1 is 1.12 bits per heavy atom. The minimum Gasteiger partial charge on any atom is -0.314 e. The Morgan fingerprint density at radius 2 is 1.76 bits per heavy atom. The molecule has 1 aromatic rings. The first-order chi connectivity index (χ1) is 8.22. The first kappa shape index (κ1) is 14.5. The van der Waals surface area contributed by atoms with Crippen LogP contribution in [0.5, 0.6) is 0 Å². The summed E-state index contributed by atoms with van der Waals surface area (Å²) in [5, 5.41) is 4.43. The summed E-state index contributed by atoms with van der Waals surface area (Å²) in [5.74, 6) is 0.590. The fourth-order valence-electron chi connectivity index (χ4n) is 2.48. The summed E-state index contributed by atoms with van der Waals surface area (Å²) in [4.78, 5) is 0. The van der Waals surface area contributed by atoms with Crippen molar-refractivity contribution in [1.82, 2.24) is 5.32 Å². The van der Waals surface area contributed by atoms with Gasteiger partial charge in [-0.2, -0.15) is 0 Å². The average Bonchev–Trinajstić information content (AvgIpc) is 2.33. The molecule has 0 bridgehead atoms. The maximum Gasteiger partial charge on any atom is 0.0406 e. The number of nitrogens with one attached hydrogen (secondary N) is 1. The van der Waals surface area contributed by atoms with Crippen LogP contribution in [0, 0.1) is 0 Å². The summed E-state index contributed by atoms with van der Waals surface area (Å²) >= 11 is 5.95. The number of likely N-dealkylation sites (N-methyl/N-ethyl adjacent to an activating group) is 1. The van der Waals surface area contributed by atoms with Crippen LogP contribution >= 0.6 is 11.6 Å². The highest BCUT2D eigenvalue weighted by Crippen LogP contribution is 2.27. The molecule has 2 atom stereocenters. The number of rotatable bonds is 7. The van der Waals surface area contributed by atoms with E-state index in [0.29, 0.717) is 12.0 Å². The minimum atomic E-state index is 0.580. The molecule has 2 unspecified atom stereocenters. The van der Waals surface area contributed by atoms with Crippen molar-refractivity contribution in [1.29, 1.82) is 0 Å². The second-order valence-corrected chi connectivity index (χ2v) is 4.96. The van der Waals surface area contributed by atoms with Gasteiger partial charge in [-0.15, -0.1) is 0 Å². The lowest BCUT2D eigenvalue weighted by atomic mass is 9.87. The van der Waals surface area contributed by atoms with Crippen molar-refractivity contribution in [3.8, 4) is 0 Å². The third-order valence-corrected chi connectivity index (χ3v) is 3.54. The Bertz CT molecular complexity index is 301. The van der Waals surface area contributed by atoms with E-state index in [4.69, 9.17) is 11.6 Å². The molecule has 0 saturated heterocycles. The zero-order valence-electron chi connectivity index (χ0n) is 11.2. The summed E-state index contributed by atoms with van der Waals surface area (Å²) in [7, 11) is 0. The van der Waals surface area contributed by atoms with E-state index >= 15 is 0 Å². The van der Waals surface area contributed by atoms with Crippen LogP contribution < -0.4 is 5.32 Å². The standard InChI is InChI=1S/C15H24ClN/c1-4-7-15(17-6-3)14(5-2)12-8-10-13(16)11-9-12/h8-11,14-15,17H,4-7H2,1-3H3. The molecule has 0 heterocycles. The SMILES string of the molecule is CCCC(NCC)C(CC)c1ccc(Cl)cc1. The highest BCUT2D eigenvalue weighted by atomic mass is 35.5. The van der Waals surface area contributed by atoms with Crippen LogP contribution in [-0.2, 0) is 0 Å². The number of benzene rings is 1. The number of hydrogen-bond acceptors (Lipinski definition) is 1. The predicted octanol–water partition coefficient (Wildman–Crippen LogP) is 4.61. The Labute approximate surface area is 111 Å². The summed E-state index contributed by atoms with van der Waals surface area (Å²) in [6.45, 7) is 7.73.